The fourth-order valence-electron chi connectivity index (χ4n) is 4.24. The lowest BCUT2D eigenvalue weighted by atomic mass is 9.95. The zero-order valence-electron chi connectivity index (χ0n) is 19.1. The van der Waals surface area contributed by atoms with E-state index in [9.17, 15) is 9.59 Å². The zero-order chi connectivity index (χ0) is 22.8. The molecule has 7 nitrogen and oxygen atoms in total. The quantitative estimate of drug-likeness (QED) is 0.569. The van der Waals surface area contributed by atoms with Crippen LogP contribution in [0.25, 0.3) is 11.1 Å². The molecular weight excluding hydrogens is 404 g/mol. The highest BCUT2D eigenvalue weighted by atomic mass is 16.5. The van der Waals surface area contributed by atoms with Crippen LogP contribution in [-0.4, -0.2) is 28.0 Å². The molecule has 0 aliphatic heterocycles. The SMILES string of the molecule is Cc1cc(C(=O)NC2CCCCC2)ccc1NC(=O)c1cc(C(C)C)nc2onc(C)c12. The van der Waals surface area contributed by atoms with Crippen molar-refractivity contribution >= 4 is 28.6 Å². The molecule has 2 N–H and O–H groups in total. The molecule has 1 aliphatic rings. The molecule has 168 valence electrons. The van der Waals surface area contributed by atoms with Crippen molar-refractivity contribution in [1.29, 1.82) is 0 Å². The lowest BCUT2D eigenvalue weighted by Gasteiger charge is -2.23. The van der Waals surface area contributed by atoms with Crippen LogP contribution < -0.4 is 10.6 Å². The molecule has 2 aromatic heterocycles. The van der Waals surface area contributed by atoms with Crippen LogP contribution in [-0.2, 0) is 0 Å². The normalized spacial score (nSPS) is 14.7. The minimum atomic E-state index is -0.256. The number of anilines is 1. The molecule has 0 radical (unpaired) electrons. The van der Waals surface area contributed by atoms with E-state index in [0.29, 0.717) is 33.6 Å². The lowest BCUT2D eigenvalue weighted by Crippen LogP contribution is -2.36. The second-order valence-corrected chi connectivity index (χ2v) is 8.99. The largest absolute Gasteiger partial charge is 0.349 e. The average Bonchev–Trinajstić information content (AvgIpc) is 3.16. The summed E-state index contributed by atoms with van der Waals surface area (Å²) in [6, 6.07) is 7.42. The standard InChI is InChI=1S/C25H30N4O3/c1-14(2)21-13-19(22-16(4)29-32-25(22)28-21)24(31)27-20-11-10-17(12-15(20)3)23(30)26-18-8-6-5-7-9-18/h10-14,18H,5-9H2,1-4H3,(H,26,30)(H,27,31). The Bertz CT molecular complexity index is 1160. The molecule has 0 spiro atoms. The van der Waals surface area contributed by atoms with Gasteiger partial charge >= 0.3 is 0 Å². The first-order chi connectivity index (χ1) is 15.3. The summed E-state index contributed by atoms with van der Waals surface area (Å²) >= 11 is 0. The Morgan fingerprint density at radius 3 is 2.50 bits per heavy atom. The summed E-state index contributed by atoms with van der Waals surface area (Å²) in [7, 11) is 0. The highest BCUT2D eigenvalue weighted by Gasteiger charge is 2.21. The van der Waals surface area contributed by atoms with Crippen molar-refractivity contribution in [2.45, 2.75) is 71.8 Å². The molecule has 0 atom stereocenters. The lowest BCUT2D eigenvalue weighted by molar-refractivity contribution is 0.0927. The molecule has 3 aromatic rings. The van der Waals surface area contributed by atoms with Crippen LogP contribution in [0.2, 0.25) is 0 Å². The molecule has 1 saturated carbocycles. The predicted molar refractivity (Wildman–Crippen MR) is 124 cm³/mol. The van der Waals surface area contributed by atoms with Gasteiger partial charge in [0.2, 0.25) is 0 Å². The first-order valence-corrected chi connectivity index (χ1v) is 11.3. The molecular formula is C25H30N4O3. The van der Waals surface area contributed by atoms with Gasteiger partial charge in [-0.05, 0) is 62.4 Å². The van der Waals surface area contributed by atoms with E-state index in [2.05, 4.69) is 20.8 Å². The molecule has 32 heavy (non-hydrogen) atoms. The number of carbonyl (C=O) groups is 2. The smallest absolute Gasteiger partial charge is 0.259 e. The number of rotatable bonds is 5. The van der Waals surface area contributed by atoms with E-state index in [1.54, 1.807) is 25.1 Å². The summed E-state index contributed by atoms with van der Waals surface area (Å²) in [5, 5.41) is 10.7. The predicted octanol–water partition coefficient (Wildman–Crippen LogP) is 5.28. The van der Waals surface area contributed by atoms with E-state index >= 15 is 0 Å². The van der Waals surface area contributed by atoms with Gasteiger partial charge in [0.1, 0.15) is 0 Å². The van der Waals surface area contributed by atoms with E-state index in [0.717, 1.165) is 24.1 Å². The number of nitrogens with one attached hydrogen (secondary N) is 2. The maximum Gasteiger partial charge on any atom is 0.259 e. The number of aromatic nitrogens is 2. The molecule has 0 bridgehead atoms. The summed E-state index contributed by atoms with van der Waals surface area (Å²) in [5.41, 5.74) is 4.33. The number of pyridine rings is 1. The number of fused-ring (bicyclic) bond motifs is 1. The average molecular weight is 435 g/mol. The first kappa shape index (κ1) is 22.0. The minimum absolute atomic E-state index is 0.0598. The fourth-order valence-corrected chi connectivity index (χ4v) is 4.24. The number of carbonyl (C=O) groups excluding carboxylic acids is 2. The van der Waals surface area contributed by atoms with Gasteiger partial charge in [-0.3, -0.25) is 9.59 Å². The third-order valence-electron chi connectivity index (χ3n) is 6.15. The molecule has 7 heteroatoms. The zero-order valence-corrected chi connectivity index (χ0v) is 19.1. The monoisotopic (exact) mass is 434 g/mol. The molecule has 4 rings (SSSR count). The van der Waals surface area contributed by atoms with Crippen molar-refractivity contribution in [3.8, 4) is 0 Å². The van der Waals surface area contributed by atoms with Crippen molar-refractivity contribution in [3.05, 3.63) is 52.3 Å². The van der Waals surface area contributed by atoms with Crippen LogP contribution >= 0.6 is 0 Å². The van der Waals surface area contributed by atoms with Gasteiger partial charge in [0.05, 0.1) is 16.6 Å². The molecule has 2 amide bonds. The summed E-state index contributed by atoms with van der Waals surface area (Å²) in [4.78, 5) is 30.3. The van der Waals surface area contributed by atoms with Gasteiger partial charge in [-0.15, -0.1) is 0 Å². The minimum Gasteiger partial charge on any atom is -0.349 e. The summed E-state index contributed by atoms with van der Waals surface area (Å²) < 4.78 is 5.32. The maximum absolute atomic E-state index is 13.2. The van der Waals surface area contributed by atoms with Crippen molar-refractivity contribution in [2.24, 2.45) is 0 Å². The summed E-state index contributed by atoms with van der Waals surface area (Å²) in [5.74, 6) is -0.177. The van der Waals surface area contributed by atoms with Gasteiger partial charge in [-0.2, -0.15) is 0 Å². The van der Waals surface area contributed by atoms with Crippen molar-refractivity contribution in [1.82, 2.24) is 15.5 Å². The molecule has 1 aliphatic carbocycles. The van der Waals surface area contributed by atoms with E-state index in [-0.39, 0.29) is 23.8 Å². The summed E-state index contributed by atoms with van der Waals surface area (Å²) in [6.07, 6.45) is 5.67. The molecule has 0 saturated heterocycles. The Balaban J connectivity index is 1.55. The molecule has 2 heterocycles. The van der Waals surface area contributed by atoms with Crippen LogP contribution in [0.5, 0.6) is 0 Å². The number of nitrogens with zero attached hydrogens (tertiary/aromatic N) is 2. The third-order valence-corrected chi connectivity index (χ3v) is 6.15. The Morgan fingerprint density at radius 1 is 1.06 bits per heavy atom. The number of hydrogen-bond acceptors (Lipinski definition) is 5. The van der Waals surface area contributed by atoms with Gasteiger partial charge in [-0.25, -0.2) is 4.98 Å². The maximum atomic E-state index is 13.2. The van der Waals surface area contributed by atoms with Gasteiger partial charge < -0.3 is 15.2 Å². The van der Waals surface area contributed by atoms with Gasteiger partial charge in [-0.1, -0.05) is 38.3 Å². The Morgan fingerprint density at radius 2 is 1.81 bits per heavy atom. The number of amides is 2. The van der Waals surface area contributed by atoms with E-state index in [4.69, 9.17) is 4.52 Å². The Hall–Kier alpha value is -3.22. The van der Waals surface area contributed by atoms with Gasteiger partial charge in [0.15, 0.2) is 0 Å². The van der Waals surface area contributed by atoms with Crippen molar-refractivity contribution < 1.29 is 14.1 Å². The van der Waals surface area contributed by atoms with Crippen molar-refractivity contribution in [3.63, 3.8) is 0 Å². The first-order valence-electron chi connectivity index (χ1n) is 11.3. The fraction of sp³-hybridized carbons (Fsp3) is 0.440. The van der Waals surface area contributed by atoms with E-state index < -0.39 is 0 Å². The van der Waals surface area contributed by atoms with Crippen LogP contribution in [0.15, 0.2) is 28.8 Å². The highest BCUT2D eigenvalue weighted by molar-refractivity contribution is 6.12. The van der Waals surface area contributed by atoms with E-state index in [1.807, 2.05) is 26.8 Å². The molecule has 1 fully saturated rings. The topological polar surface area (TPSA) is 97.1 Å². The Kier molecular flexibility index (Phi) is 6.26. The number of aryl methyl sites for hydroxylation is 2. The van der Waals surface area contributed by atoms with Crippen LogP contribution in [0, 0.1) is 13.8 Å². The second kappa shape index (κ2) is 9.10. The molecule has 1 aromatic carbocycles. The van der Waals surface area contributed by atoms with Crippen LogP contribution in [0.3, 0.4) is 0 Å². The van der Waals surface area contributed by atoms with Crippen LogP contribution in [0.1, 0.15) is 89.5 Å². The summed E-state index contributed by atoms with van der Waals surface area (Å²) in [6.45, 7) is 7.71. The third kappa shape index (κ3) is 4.52. The van der Waals surface area contributed by atoms with Gasteiger partial charge in [0.25, 0.3) is 17.5 Å². The molecule has 0 unspecified atom stereocenters. The highest BCUT2D eigenvalue weighted by Crippen LogP contribution is 2.27. The van der Waals surface area contributed by atoms with Crippen LogP contribution in [0.4, 0.5) is 5.69 Å². The Labute approximate surface area is 188 Å². The van der Waals surface area contributed by atoms with Crippen molar-refractivity contribution in [2.75, 3.05) is 5.32 Å². The van der Waals surface area contributed by atoms with E-state index in [1.165, 1.54) is 19.3 Å². The number of hydrogen-bond donors (Lipinski definition) is 2. The number of benzene rings is 1. The second-order valence-electron chi connectivity index (χ2n) is 8.99. The van der Waals surface area contributed by atoms with Gasteiger partial charge in [0, 0.05) is 23.0 Å².